The molecule has 1 aromatic rings. The molecular formula is C22H36. The van der Waals surface area contributed by atoms with E-state index in [2.05, 4.69) is 56.3 Å². The Hall–Kier alpha value is -1.04. The van der Waals surface area contributed by atoms with Crippen molar-refractivity contribution in [3.05, 3.63) is 48.0 Å². The molecule has 0 heterocycles. The van der Waals surface area contributed by atoms with Crippen LogP contribution in [-0.2, 0) is 0 Å². The van der Waals surface area contributed by atoms with Gasteiger partial charge >= 0.3 is 0 Å². The van der Waals surface area contributed by atoms with Crippen molar-refractivity contribution in [3.8, 4) is 0 Å². The van der Waals surface area contributed by atoms with Crippen molar-refractivity contribution in [1.82, 2.24) is 0 Å². The molecule has 0 aromatic heterocycles. The molecule has 0 aliphatic rings. The van der Waals surface area contributed by atoms with Crippen molar-refractivity contribution in [2.45, 2.75) is 90.4 Å². The van der Waals surface area contributed by atoms with Gasteiger partial charge in [0, 0.05) is 0 Å². The van der Waals surface area contributed by atoms with Crippen LogP contribution in [0.3, 0.4) is 0 Å². The quantitative estimate of drug-likeness (QED) is 0.259. The molecule has 0 nitrogen and oxygen atoms in total. The summed E-state index contributed by atoms with van der Waals surface area (Å²) in [5, 5.41) is 0. The van der Waals surface area contributed by atoms with Crippen molar-refractivity contribution < 1.29 is 0 Å². The third kappa shape index (κ3) is 9.82. The van der Waals surface area contributed by atoms with E-state index in [4.69, 9.17) is 0 Å². The van der Waals surface area contributed by atoms with Crippen molar-refractivity contribution in [2.24, 2.45) is 0 Å². The van der Waals surface area contributed by atoms with Crippen molar-refractivity contribution in [2.75, 3.05) is 0 Å². The van der Waals surface area contributed by atoms with Crippen molar-refractivity contribution in [3.63, 3.8) is 0 Å². The average Bonchev–Trinajstić information content (AvgIpc) is 2.56. The maximum absolute atomic E-state index is 2.38. The lowest BCUT2D eigenvalue weighted by molar-refractivity contribution is 0.557. The van der Waals surface area contributed by atoms with E-state index in [1.807, 2.05) is 0 Å². The van der Waals surface area contributed by atoms with Crippen molar-refractivity contribution >= 4 is 0 Å². The molecule has 0 bridgehead atoms. The average molecular weight is 301 g/mol. The molecule has 0 fully saturated rings. The molecule has 124 valence electrons. The second-order valence-electron chi connectivity index (χ2n) is 6.60. The summed E-state index contributed by atoms with van der Waals surface area (Å²) < 4.78 is 0. The minimum Gasteiger partial charge on any atom is -0.0879 e. The molecule has 0 saturated heterocycles. The van der Waals surface area contributed by atoms with Gasteiger partial charge < -0.3 is 0 Å². The van der Waals surface area contributed by atoms with E-state index in [9.17, 15) is 0 Å². The van der Waals surface area contributed by atoms with Gasteiger partial charge in [-0.3, -0.25) is 0 Å². The van der Waals surface area contributed by atoms with Gasteiger partial charge in [-0.25, -0.2) is 0 Å². The largest absolute Gasteiger partial charge is 0.0879 e. The van der Waals surface area contributed by atoms with Gasteiger partial charge in [-0.15, -0.1) is 0 Å². The summed E-state index contributed by atoms with van der Waals surface area (Å²) in [5.74, 6) is 0.546. The molecule has 1 rings (SSSR count). The van der Waals surface area contributed by atoms with Gasteiger partial charge in [-0.05, 0) is 24.3 Å². The number of unbranched alkanes of at least 4 members (excludes halogenated alkanes) is 10. The maximum Gasteiger partial charge on any atom is -0.00104 e. The van der Waals surface area contributed by atoms with Crippen LogP contribution in [0.2, 0.25) is 0 Å². The lowest BCUT2D eigenvalue weighted by Gasteiger charge is -2.05. The summed E-state index contributed by atoms with van der Waals surface area (Å²) in [6.07, 6.45) is 20.2. The van der Waals surface area contributed by atoms with Crippen molar-refractivity contribution in [1.29, 1.82) is 0 Å². The SMILES string of the molecule is CCCCCCCCCCCC/C=C/C(C)c1ccccc1. The number of rotatable bonds is 13. The van der Waals surface area contributed by atoms with E-state index in [-0.39, 0.29) is 0 Å². The molecule has 0 saturated carbocycles. The smallest absolute Gasteiger partial charge is 0.00104 e. The summed E-state index contributed by atoms with van der Waals surface area (Å²) in [5.41, 5.74) is 1.42. The van der Waals surface area contributed by atoms with E-state index < -0.39 is 0 Å². The fourth-order valence-corrected chi connectivity index (χ4v) is 2.92. The molecular weight excluding hydrogens is 264 g/mol. The highest BCUT2D eigenvalue weighted by Gasteiger charge is 1.98. The zero-order chi connectivity index (χ0) is 15.9. The molecule has 1 aromatic carbocycles. The third-order valence-corrected chi connectivity index (χ3v) is 4.47. The molecule has 0 spiro atoms. The van der Waals surface area contributed by atoms with Gasteiger partial charge in [0.1, 0.15) is 0 Å². The standard InChI is InChI=1S/C22H36/c1-3-4-5-6-7-8-9-10-11-12-13-15-18-21(2)22-19-16-14-17-20-22/h14-21H,3-13H2,1-2H3/b18-15+. The second kappa shape index (κ2) is 13.6. The molecule has 22 heavy (non-hydrogen) atoms. The van der Waals surface area contributed by atoms with Crippen LogP contribution in [0.1, 0.15) is 96.0 Å². The predicted molar refractivity (Wildman–Crippen MR) is 100 cm³/mol. The molecule has 1 atom stereocenters. The zero-order valence-electron chi connectivity index (χ0n) is 14.9. The zero-order valence-corrected chi connectivity index (χ0v) is 14.9. The molecule has 0 aliphatic carbocycles. The first-order valence-electron chi connectivity index (χ1n) is 9.56. The van der Waals surface area contributed by atoms with Crippen LogP contribution >= 0.6 is 0 Å². The van der Waals surface area contributed by atoms with Crippen LogP contribution in [-0.4, -0.2) is 0 Å². The van der Waals surface area contributed by atoms with Gasteiger partial charge in [0.2, 0.25) is 0 Å². The van der Waals surface area contributed by atoms with Crippen LogP contribution in [0.4, 0.5) is 0 Å². The first-order chi connectivity index (χ1) is 10.8. The second-order valence-corrected chi connectivity index (χ2v) is 6.60. The van der Waals surface area contributed by atoms with Crippen LogP contribution in [0.25, 0.3) is 0 Å². The van der Waals surface area contributed by atoms with E-state index in [1.54, 1.807) is 0 Å². The first kappa shape index (κ1) is 19.0. The third-order valence-electron chi connectivity index (χ3n) is 4.47. The monoisotopic (exact) mass is 300 g/mol. The highest BCUT2D eigenvalue weighted by molar-refractivity contribution is 5.22. The van der Waals surface area contributed by atoms with Crippen LogP contribution in [0.15, 0.2) is 42.5 Å². The van der Waals surface area contributed by atoms with Crippen LogP contribution in [0, 0.1) is 0 Å². The Balaban J connectivity index is 1.92. The van der Waals surface area contributed by atoms with E-state index in [1.165, 1.54) is 76.2 Å². The van der Waals surface area contributed by atoms with Gasteiger partial charge in [-0.2, -0.15) is 0 Å². The minimum absolute atomic E-state index is 0.546. The molecule has 0 N–H and O–H groups in total. The summed E-state index contributed by atoms with van der Waals surface area (Å²) in [6, 6.07) is 10.8. The number of hydrogen-bond donors (Lipinski definition) is 0. The van der Waals surface area contributed by atoms with Gasteiger partial charge in [-0.1, -0.05) is 114 Å². The van der Waals surface area contributed by atoms with E-state index >= 15 is 0 Å². The Labute approximate surface area is 139 Å². The summed E-state index contributed by atoms with van der Waals surface area (Å²) in [6.45, 7) is 4.57. The molecule has 0 amide bonds. The molecule has 0 aliphatic heterocycles. The van der Waals surface area contributed by atoms with E-state index in [0.717, 1.165) is 0 Å². The van der Waals surface area contributed by atoms with Crippen LogP contribution < -0.4 is 0 Å². The van der Waals surface area contributed by atoms with Crippen LogP contribution in [0.5, 0.6) is 0 Å². The minimum atomic E-state index is 0.546. The normalized spacial score (nSPS) is 12.8. The Morgan fingerprint density at radius 2 is 1.32 bits per heavy atom. The Morgan fingerprint density at radius 1 is 0.773 bits per heavy atom. The van der Waals surface area contributed by atoms with Gasteiger partial charge in [0.15, 0.2) is 0 Å². The Bertz CT molecular complexity index is 363. The molecule has 0 radical (unpaired) electrons. The summed E-state index contributed by atoms with van der Waals surface area (Å²) in [7, 11) is 0. The number of allylic oxidation sites excluding steroid dienone is 2. The Morgan fingerprint density at radius 3 is 1.91 bits per heavy atom. The maximum atomic E-state index is 2.38. The summed E-state index contributed by atoms with van der Waals surface area (Å²) in [4.78, 5) is 0. The number of hydrogen-bond acceptors (Lipinski definition) is 0. The number of benzene rings is 1. The highest BCUT2D eigenvalue weighted by Crippen LogP contribution is 2.17. The first-order valence-corrected chi connectivity index (χ1v) is 9.56. The predicted octanol–water partition coefficient (Wildman–Crippen LogP) is 7.66. The van der Waals surface area contributed by atoms with Gasteiger partial charge in [0.05, 0.1) is 0 Å². The molecule has 1 unspecified atom stereocenters. The summed E-state index contributed by atoms with van der Waals surface area (Å²) >= 11 is 0. The molecule has 0 heteroatoms. The van der Waals surface area contributed by atoms with Gasteiger partial charge in [0.25, 0.3) is 0 Å². The Kier molecular flexibility index (Phi) is 11.8. The topological polar surface area (TPSA) is 0 Å². The lowest BCUT2D eigenvalue weighted by atomic mass is 10.00. The fraction of sp³-hybridized carbons (Fsp3) is 0.636. The lowest BCUT2D eigenvalue weighted by Crippen LogP contribution is -1.87. The fourth-order valence-electron chi connectivity index (χ4n) is 2.92. The van der Waals surface area contributed by atoms with E-state index in [0.29, 0.717) is 5.92 Å². The highest BCUT2D eigenvalue weighted by atomic mass is 14.0.